The molecule has 1 aromatic carbocycles. The van der Waals surface area contributed by atoms with E-state index >= 15 is 0 Å². The van der Waals surface area contributed by atoms with E-state index in [4.69, 9.17) is 10.1 Å². The molecule has 4 aromatic rings. The first-order chi connectivity index (χ1) is 12.5. The number of benzene rings is 1. The lowest BCUT2D eigenvalue weighted by molar-refractivity contribution is 0.0697. The topological polar surface area (TPSA) is 79.5 Å². The SMILES string of the molecule is Cc1nc2ccccn2c1-c1nc(Nc2ccc(C(=O)O)cc2)sc1C. The predicted molar refractivity (Wildman–Crippen MR) is 102 cm³/mol. The summed E-state index contributed by atoms with van der Waals surface area (Å²) in [5, 5.41) is 13.0. The van der Waals surface area contributed by atoms with Gasteiger partial charge in [-0.2, -0.15) is 0 Å². The minimum absolute atomic E-state index is 0.257. The van der Waals surface area contributed by atoms with Crippen LogP contribution in [0.4, 0.5) is 10.8 Å². The summed E-state index contributed by atoms with van der Waals surface area (Å²) in [6.45, 7) is 4.02. The van der Waals surface area contributed by atoms with Crippen molar-refractivity contribution in [2.75, 3.05) is 5.32 Å². The number of carbonyl (C=O) groups is 1. The summed E-state index contributed by atoms with van der Waals surface area (Å²) in [6.07, 6.45) is 1.99. The maximum atomic E-state index is 10.9. The Morgan fingerprint density at radius 2 is 1.88 bits per heavy atom. The second-order valence-electron chi connectivity index (χ2n) is 5.91. The van der Waals surface area contributed by atoms with E-state index in [-0.39, 0.29) is 5.56 Å². The van der Waals surface area contributed by atoms with Gasteiger partial charge >= 0.3 is 5.97 Å². The zero-order valence-electron chi connectivity index (χ0n) is 14.2. The summed E-state index contributed by atoms with van der Waals surface area (Å²) in [4.78, 5) is 21.4. The maximum Gasteiger partial charge on any atom is 0.335 e. The molecule has 2 N–H and O–H groups in total. The van der Waals surface area contributed by atoms with Crippen molar-refractivity contribution in [1.82, 2.24) is 14.4 Å². The summed E-state index contributed by atoms with van der Waals surface area (Å²) >= 11 is 1.56. The number of carboxylic acids is 1. The zero-order valence-corrected chi connectivity index (χ0v) is 15.0. The number of carboxylic acid groups (broad SMARTS) is 1. The molecule has 0 unspecified atom stereocenters. The number of hydrogen-bond donors (Lipinski definition) is 2. The van der Waals surface area contributed by atoms with Crippen LogP contribution in [0, 0.1) is 13.8 Å². The Kier molecular flexibility index (Phi) is 3.93. The van der Waals surface area contributed by atoms with Crippen LogP contribution in [0.3, 0.4) is 0 Å². The fourth-order valence-electron chi connectivity index (χ4n) is 2.89. The van der Waals surface area contributed by atoms with Crippen LogP contribution in [0.15, 0.2) is 48.7 Å². The molecule has 0 spiro atoms. The number of pyridine rings is 1. The first-order valence-electron chi connectivity index (χ1n) is 8.05. The van der Waals surface area contributed by atoms with Gasteiger partial charge in [0.25, 0.3) is 0 Å². The van der Waals surface area contributed by atoms with Crippen LogP contribution in [-0.4, -0.2) is 25.4 Å². The number of anilines is 2. The number of hydrogen-bond acceptors (Lipinski definition) is 5. The van der Waals surface area contributed by atoms with Gasteiger partial charge in [0.1, 0.15) is 11.3 Å². The molecular weight excluding hydrogens is 348 g/mol. The van der Waals surface area contributed by atoms with Crippen molar-refractivity contribution in [2.45, 2.75) is 13.8 Å². The summed E-state index contributed by atoms with van der Waals surface area (Å²) < 4.78 is 2.04. The van der Waals surface area contributed by atoms with Crippen LogP contribution < -0.4 is 5.32 Å². The fourth-order valence-corrected chi connectivity index (χ4v) is 3.72. The average Bonchev–Trinajstić information content (AvgIpc) is 3.13. The van der Waals surface area contributed by atoms with E-state index in [0.717, 1.165) is 38.4 Å². The molecule has 0 atom stereocenters. The molecule has 0 saturated heterocycles. The quantitative estimate of drug-likeness (QED) is 0.557. The van der Waals surface area contributed by atoms with Crippen molar-refractivity contribution in [1.29, 1.82) is 0 Å². The van der Waals surface area contributed by atoms with Crippen LogP contribution >= 0.6 is 11.3 Å². The van der Waals surface area contributed by atoms with Crippen molar-refractivity contribution >= 4 is 33.8 Å². The van der Waals surface area contributed by atoms with E-state index in [1.54, 1.807) is 35.6 Å². The number of rotatable bonds is 4. The third-order valence-electron chi connectivity index (χ3n) is 4.11. The molecule has 0 bridgehead atoms. The molecule has 0 aliphatic carbocycles. The smallest absolute Gasteiger partial charge is 0.335 e. The molecule has 4 rings (SSSR count). The third kappa shape index (κ3) is 2.82. The molecule has 0 amide bonds. The molecule has 26 heavy (non-hydrogen) atoms. The van der Waals surface area contributed by atoms with E-state index in [1.165, 1.54) is 0 Å². The van der Waals surface area contributed by atoms with Gasteiger partial charge in [0.2, 0.25) is 0 Å². The summed E-state index contributed by atoms with van der Waals surface area (Å²) in [6, 6.07) is 12.5. The van der Waals surface area contributed by atoms with Gasteiger partial charge in [-0.25, -0.2) is 14.8 Å². The number of nitrogens with one attached hydrogen (secondary N) is 1. The molecule has 0 aliphatic heterocycles. The molecule has 3 aromatic heterocycles. The standard InChI is InChI=1S/C19H16N4O2S/c1-11-17(23-10-4-3-5-15(23)20-11)16-12(2)26-19(22-16)21-14-8-6-13(7-9-14)18(24)25/h3-10H,1-2H3,(H,21,22)(H,24,25). The van der Waals surface area contributed by atoms with Gasteiger partial charge in [-0.1, -0.05) is 6.07 Å². The molecule has 7 heteroatoms. The number of fused-ring (bicyclic) bond motifs is 1. The lowest BCUT2D eigenvalue weighted by Crippen LogP contribution is -1.96. The molecule has 0 saturated carbocycles. The fraction of sp³-hybridized carbons (Fsp3) is 0.105. The molecule has 0 radical (unpaired) electrons. The third-order valence-corrected chi connectivity index (χ3v) is 4.99. The Hall–Kier alpha value is -3.19. The normalized spacial score (nSPS) is 11.0. The summed E-state index contributed by atoms with van der Waals surface area (Å²) in [7, 11) is 0. The number of aromatic nitrogens is 3. The van der Waals surface area contributed by atoms with Crippen molar-refractivity contribution in [3.05, 3.63) is 64.8 Å². The molecule has 0 aliphatic rings. The van der Waals surface area contributed by atoms with Gasteiger partial charge < -0.3 is 10.4 Å². The lowest BCUT2D eigenvalue weighted by Gasteiger charge is -2.03. The van der Waals surface area contributed by atoms with Gasteiger partial charge in [0, 0.05) is 16.8 Å². The van der Waals surface area contributed by atoms with Gasteiger partial charge in [0.15, 0.2) is 5.13 Å². The van der Waals surface area contributed by atoms with E-state index in [9.17, 15) is 4.79 Å². The molecule has 3 heterocycles. The van der Waals surface area contributed by atoms with Crippen LogP contribution in [-0.2, 0) is 0 Å². The van der Waals surface area contributed by atoms with Crippen LogP contribution in [0.2, 0.25) is 0 Å². The second kappa shape index (κ2) is 6.27. The van der Waals surface area contributed by atoms with E-state index in [1.807, 2.05) is 42.6 Å². The van der Waals surface area contributed by atoms with Crippen LogP contribution in [0.25, 0.3) is 17.0 Å². The minimum atomic E-state index is -0.938. The zero-order chi connectivity index (χ0) is 18.3. The minimum Gasteiger partial charge on any atom is -0.478 e. The predicted octanol–water partition coefficient (Wildman–Crippen LogP) is 4.52. The summed E-state index contributed by atoms with van der Waals surface area (Å²) in [5.74, 6) is -0.938. The Morgan fingerprint density at radius 1 is 1.12 bits per heavy atom. The maximum absolute atomic E-state index is 10.9. The lowest BCUT2D eigenvalue weighted by atomic mass is 10.2. The number of nitrogens with zero attached hydrogens (tertiary/aromatic N) is 3. The monoisotopic (exact) mass is 364 g/mol. The highest BCUT2D eigenvalue weighted by Gasteiger charge is 2.17. The van der Waals surface area contributed by atoms with Gasteiger partial charge in [-0.3, -0.25) is 4.40 Å². The molecule has 6 nitrogen and oxygen atoms in total. The van der Waals surface area contributed by atoms with Crippen molar-refractivity contribution in [2.24, 2.45) is 0 Å². The first kappa shape index (κ1) is 16.3. The Balaban J connectivity index is 1.69. The van der Waals surface area contributed by atoms with Crippen molar-refractivity contribution in [3.8, 4) is 11.4 Å². The number of aromatic carboxylic acids is 1. The Morgan fingerprint density at radius 3 is 2.62 bits per heavy atom. The van der Waals surface area contributed by atoms with Crippen molar-refractivity contribution < 1.29 is 9.90 Å². The first-order valence-corrected chi connectivity index (χ1v) is 8.86. The summed E-state index contributed by atoms with van der Waals surface area (Å²) in [5.41, 5.74) is 4.77. The van der Waals surface area contributed by atoms with E-state index in [0.29, 0.717) is 0 Å². The van der Waals surface area contributed by atoms with Crippen LogP contribution in [0.1, 0.15) is 20.9 Å². The highest BCUT2D eigenvalue weighted by molar-refractivity contribution is 7.16. The Bertz CT molecular complexity index is 1110. The molecular formula is C19H16N4O2S. The largest absolute Gasteiger partial charge is 0.478 e. The number of thiazole rings is 1. The number of aryl methyl sites for hydroxylation is 2. The molecule has 130 valence electrons. The highest BCUT2D eigenvalue weighted by Crippen LogP contribution is 2.34. The van der Waals surface area contributed by atoms with Gasteiger partial charge in [-0.15, -0.1) is 11.3 Å². The average molecular weight is 364 g/mol. The highest BCUT2D eigenvalue weighted by atomic mass is 32.1. The van der Waals surface area contributed by atoms with Gasteiger partial charge in [-0.05, 0) is 50.2 Å². The van der Waals surface area contributed by atoms with Crippen LogP contribution in [0.5, 0.6) is 0 Å². The van der Waals surface area contributed by atoms with E-state index in [2.05, 4.69) is 10.3 Å². The van der Waals surface area contributed by atoms with Crippen molar-refractivity contribution in [3.63, 3.8) is 0 Å². The number of imidazole rings is 1. The molecule has 0 fully saturated rings. The van der Waals surface area contributed by atoms with Gasteiger partial charge in [0.05, 0.1) is 17.0 Å². The second-order valence-corrected chi connectivity index (χ2v) is 7.11. The van der Waals surface area contributed by atoms with E-state index < -0.39 is 5.97 Å². The Labute approximate surface area is 153 Å².